The van der Waals surface area contributed by atoms with Crippen molar-refractivity contribution < 1.29 is 23.8 Å². The highest BCUT2D eigenvalue weighted by molar-refractivity contribution is 6.10. The maximum Gasteiger partial charge on any atom is 0.323 e. The molecule has 0 bridgehead atoms. The largest absolute Gasteiger partial charge is 0.480 e. The van der Waals surface area contributed by atoms with Crippen molar-refractivity contribution in [2.75, 3.05) is 48.3 Å². The van der Waals surface area contributed by atoms with Gasteiger partial charge in [-0.05, 0) is 18.2 Å². The number of carbonyl (C=O) groups excluding carboxylic acids is 1. The third-order valence-electron chi connectivity index (χ3n) is 4.98. The van der Waals surface area contributed by atoms with E-state index in [1.165, 1.54) is 23.4 Å². The Bertz CT molecular complexity index is 1050. The number of nitrogens with zero attached hydrogens (tertiary/aromatic N) is 5. The van der Waals surface area contributed by atoms with Crippen molar-refractivity contribution >= 4 is 29.1 Å². The van der Waals surface area contributed by atoms with Gasteiger partial charge in [0.1, 0.15) is 42.5 Å². The number of anilines is 3. The summed E-state index contributed by atoms with van der Waals surface area (Å²) in [5.41, 5.74) is 6.44. The monoisotopic (exact) mass is 414 g/mol. The number of benzene rings is 1. The van der Waals surface area contributed by atoms with E-state index in [-0.39, 0.29) is 42.6 Å². The van der Waals surface area contributed by atoms with Gasteiger partial charge < -0.3 is 30.3 Å². The number of hydrogen-bond donors (Lipinski definition) is 2. The van der Waals surface area contributed by atoms with Crippen molar-refractivity contribution in [3.8, 4) is 5.88 Å². The molecule has 1 fully saturated rings. The zero-order chi connectivity index (χ0) is 21.4. The van der Waals surface area contributed by atoms with Crippen LogP contribution in [0.3, 0.4) is 0 Å². The summed E-state index contributed by atoms with van der Waals surface area (Å²) in [7, 11) is 0. The molecule has 1 aromatic heterocycles. The highest BCUT2D eigenvalue weighted by Gasteiger charge is 2.31. The van der Waals surface area contributed by atoms with Gasteiger partial charge in [-0.25, -0.2) is 14.4 Å². The zero-order valence-electron chi connectivity index (χ0n) is 15.9. The van der Waals surface area contributed by atoms with E-state index < -0.39 is 17.7 Å². The van der Waals surface area contributed by atoms with Gasteiger partial charge in [0.15, 0.2) is 0 Å². The smallest absolute Gasteiger partial charge is 0.323 e. The first-order valence-corrected chi connectivity index (χ1v) is 9.14. The average molecular weight is 414 g/mol. The van der Waals surface area contributed by atoms with Gasteiger partial charge in [0, 0.05) is 18.8 Å². The first-order chi connectivity index (χ1) is 14.4. The summed E-state index contributed by atoms with van der Waals surface area (Å²) < 4.78 is 20.5. The van der Waals surface area contributed by atoms with E-state index in [0.29, 0.717) is 24.6 Å². The maximum atomic E-state index is 15.0. The van der Waals surface area contributed by atoms with E-state index in [2.05, 4.69) is 16.5 Å². The standard InChI is InChI=1S/C19H19FN6O4/c1-11-24(9-15(27)28)4-5-25(11)14-3-2-12(8-13(14)20)26-6-7-30-18-16(19(26)29)17(21)22-10-23-18/h2-3,8,10H,1,4-7,9H2,(H,27,28)(H2,21,22,23). The van der Waals surface area contributed by atoms with E-state index in [0.717, 1.165) is 0 Å². The van der Waals surface area contributed by atoms with Crippen LogP contribution in [-0.4, -0.2) is 64.6 Å². The first kappa shape index (κ1) is 19.4. The van der Waals surface area contributed by atoms with Crippen LogP contribution in [0.2, 0.25) is 0 Å². The molecule has 1 saturated heterocycles. The first-order valence-electron chi connectivity index (χ1n) is 9.14. The van der Waals surface area contributed by atoms with Crippen LogP contribution < -0.4 is 20.3 Å². The molecule has 10 nitrogen and oxygen atoms in total. The minimum atomic E-state index is -0.987. The fourth-order valence-electron chi connectivity index (χ4n) is 3.53. The van der Waals surface area contributed by atoms with Crippen molar-refractivity contribution in [1.82, 2.24) is 14.9 Å². The van der Waals surface area contributed by atoms with Crippen LogP contribution in [0.1, 0.15) is 10.4 Å². The Kier molecular flexibility index (Phi) is 4.86. The van der Waals surface area contributed by atoms with Gasteiger partial charge in [0.05, 0.1) is 12.2 Å². The minimum absolute atomic E-state index is 0.0131. The molecule has 30 heavy (non-hydrogen) atoms. The van der Waals surface area contributed by atoms with Crippen molar-refractivity contribution in [3.63, 3.8) is 0 Å². The molecule has 0 radical (unpaired) electrons. The molecular formula is C19H19FN6O4. The summed E-state index contributed by atoms with van der Waals surface area (Å²) in [5, 5.41) is 8.98. The second-order valence-electron chi connectivity index (χ2n) is 6.76. The number of carbonyl (C=O) groups is 2. The molecule has 2 aliphatic heterocycles. The van der Waals surface area contributed by atoms with Gasteiger partial charge in [0.2, 0.25) is 5.88 Å². The topological polar surface area (TPSA) is 125 Å². The lowest BCUT2D eigenvalue weighted by Gasteiger charge is -2.25. The number of carboxylic acid groups (broad SMARTS) is 1. The predicted molar refractivity (Wildman–Crippen MR) is 106 cm³/mol. The van der Waals surface area contributed by atoms with Crippen molar-refractivity contribution in [1.29, 1.82) is 0 Å². The quantitative estimate of drug-likeness (QED) is 0.751. The molecular weight excluding hydrogens is 395 g/mol. The molecule has 0 unspecified atom stereocenters. The molecule has 2 aromatic rings. The normalized spacial score (nSPS) is 16.4. The Morgan fingerprint density at radius 1 is 1.27 bits per heavy atom. The fourth-order valence-corrected chi connectivity index (χ4v) is 3.53. The molecule has 0 atom stereocenters. The van der Waals surface area contributed by atoms with Gasteiger partial charge in [0.25, 0.3) is 5.91 Å². The van der Waals surface area contributed by atoms with Crippen LogP contribution in [-0.2, 0) is 4.79 Å². The number of rotatable bonds is 4. The predicted octanol–water partition coefficient (Wildman–Crippen LogP) is 0.915. The highest BCUT2D eigenvalue weighted by Crippen LogP contribution is 2.32. The molecule has 4 rings (SSSR count). The number of halogens is 1. The number of amides is 1. The number of nitrogens with two attached hydrogens (primary N) is 1. The molecule has 156 valence electrons. The number of nitrogen functional groups attached to an aromatic ring is 1. The van der Waals surface area contributed by atoms with Gasteiger partial charge >= 0.3 is 5.97 Å². The second kappa shape index (κ2) is 7.50. The number of aromatic nitrogens is 2. The van der Waals surface area contributed by atoms with E-state index in [1.807, 2.05) is 0 Å². The van der Waals surface area contributed by atoms with E-state index in [1.54, 1.807) is 15.9 Å². The van der Waals surface area contributed by atoms with Crippen LogP contribution in [0.5, 0.6) is 5.88 Å². The maximum absolute atomic E-state index is 15.0. The zero-order valence-corrected chi connectivity index (χ0v) is 15.9. The van der Waals surface area contributed by atoms with Crippen LogP contribution >= 0.6 is 0 Å². The lowest BCUT2D eigenvalue weighted by Crippen LogP contribution is -2.33. The molecule has 3 N–H and O–H groups in total. The summed E-state index contributed by atoms with van der Waals surface area (Å²) in [6, 6.07) is 4.38. The second-order valence-corrected chi connectivity index (χ2v) is 6.76. The Hall–Kier alpha value is -3.89. The average Bonchev–Trinajstić information content (AvgIpc) is 2.94. The van der Waals surface area contributed by atoms with Crippen molar-refractivity contribution in [2.45, 2.75) is 0 Å². The highest BCUT2D eigenvalue weighted by atomic mass is 19.1. The summed E-state index contributed by atoms with van der Waals surface area (Å²) in [4.78, 5) is 36.2. The number of aliphatic carboxylic acids is 1. The van der Waals surface area contributed by atoms with Crippen LogP contribution in [0.15, 0.2) is 36.9 Å². The molecule has 1 amide bonds. The number of carboxylic acids is 1. The molecule has 0 aliphatic carbocycles. The van der Waals surface area contributed by atoms with Crippen LogP contribution in [0.4, 0.5) is 21.6 Å². The van der Waals surface area contributed by atoms with Gasteiger partial charge in [-0.3, -0.25) is 9.59 Å². The number of hydrogen-bond acceptors (Lipinski definition) is 8. The molecule has 0 spiro atoms. The lowest BCUT2D eigenvalue weighted by atomic mass is 10.2. The van der Waals surface area contributed by atoms with Crippen LogP contribution in [0.25, 0.3) is 0 Å². The van der Waals surface area contributed by atoms with Gasteiger partial charge in [-0.1, -0.05) is 6.58 Å². The fraction of sp³-hybridized carbons (Fsp3) is 0.263. The number of ether oxygens (including phenoxy) is 1. The third kappa shape index (κ3) is 3.34. The Morgan fingerprint density at radius 3 is 2.80 bits per heavy atom. The summed E-state index contributed by atoms with van der Waals surface area (Å²) >= 11 is 0. The molecule has 11 heteroatoms. The minimum Gasteiger partial charge on any atom is -0.480 e. The number of fused-ring (bicyclic) bond motifs is 1. The third-order valence-corrected chi connectivity index (χ3v) is 4.98. The molecule has 2 aliphatic rings. The Balaban J connectivity index is 1.61. The molecule has 1 aromatic carbocycles. The lowest BCUT2D eigenvalue weighted by molar-refractivity contribution is -0.137. The van der Waals surface area contributed by atoms with E-state index in [9.17, 15) is 14.0 Å². The Morgan fingerprint density at radius 2 is 2.07 bits per heavy atom. The molecule has 0 saturated carbocycles. The van der Waals surface area contributed by atoms with Gasteiger partial charge in [-0.15, -0.1) is 0 Å². The Labute approximate surface area is 171 Å². The summed E-state index contributed by atoms with van der Waals surface area (Å²) in [6.45, 7) is 4.82. The van der Waals surface area contributed by atoms with E-state index >= 15 is 0 Å². The molecule has 3 heterocycles. The summed E-state index contributed by atoms with van der Waals surface area (Å²) in [5.74, 6) is -1.55. The van der Waals surface area contributed by atoms with Crippen molar-refractivity contribution in [3.05, 3.63) is 48.3 Å². The van der Waals surface area contributed by atoms with Crippen LogP contribution in [0, 0.1) is 5.82 Å². The van der Waals surface area contributed by atoms with E-state index in [4.69, 9.17) is 15.6 Å². The van der Waals surface area contributed by atoms with Gasteiger partial charge in [-0.2, -0.15) is 0 Å². The summed E-state index contributed by atoms with van der Waals surface area (Å²) in [6.07, 6.45) is 1.21. The van der Waals surface area contributed by atoms with Crippen molar-refractivity contribution in [2.24, 2.45) is 0 Å². The SMILES string of the molecule is C=C1N(CC(=O)O)CCN1c1ccc(N2CCOc3ncnc(N)c3C2=O)cc1F.